The summed E-state index contributed by atoms with van der Waals surface area (Å²) >= 11 is 6.27. The van der Waals surface area contributed by atoms with Crippen LogP contribution in [0.15, 0.2) is 48.5 Å². The molecule has 0 aliphatic rings. The molecule has 0 fully saturated rings. The Kier molecular flexibility index (Phi) is 4.67. The van der Waals surface area contributed by atoms with Crippen molar-refractivity contribution in [1.29, 1.82) is 0 Å². The molecule has 4 nitrogen and oxygen atoms in total. The summed E-state index contributed by atoms with van der Waals surface area (Å²) in [6.07, 6.45) is 0. The molecular formula is C19H16ClNO3. The summed E-state index contributed by atoms with van der Waals surface area (Å²) in [5.74, 6) is 0.256. The fourth-order valence-electron chi connectivity index (χ4n) is 2.52. The molecular weight excluding hydrogens is 326 g/mol. The van der Waals surface area contributed by atoms with Crippen LogP contribution >= 0.6 is 11.6 Å². The highest BCUT2D eigenvalue weighted by Crippen LogP contribution is 2.31. The lowest BCUT2D eigenvalue weighted by molar-refractivity contribution is 0.0528. The number of carbonyl (C=O) groups excluding carboxylic acids is 1. The Morgan fingerprint density at radius 3 is 2.67 bits per heavy atom. The van der Waals surface area contributed by atoms with Gasteiger partial charge in [0.2, 0.25) is 0 Å². The topological polar surface area (TPSA) is 48.4 Å². The van der Waals surface area contributed by atoms with Crippen molar-refractivity contribution >= 4 is 28.5 Å². The molecule has 0 aliphatic heterocycles. The number of aromatic nitrogens is 1. The highest BCUT2D eigenvalue weighted by atomic mass is 35.5. The molecule has 0 unspecified atom stereocenters. The summed E-state index contributed by atoms with van der Waals surface area (Å²) in [4.78, 5) is 17.0. The van der Waals surface area contributed by atoms with Crippen LogP contribution in [0.2, 0.25) is 5.02 Å². The van der Waals surface area contributed by atoms with Gasteiger partial charge >= 0.3 is 5.97 Å². The van der Waals surface area contributed by atoms with E-state index < -0.39 is 5.97 Å². The van der Waals surface area contributed by atoms with E-state index in [1.165, 1.54) is 0 Å². The number of methoxy groups -OCH3 is 1. The summed E-state index contributed by atoms with van der Waals surface area (Å²) in [6, 6.07) is 14.5. The van der Waals surface area contributed by atoms with Crippen molar-refractivity contribution in [3.05, 3.63) is 59.1 Å². The first kappa shape index (κ1) is 16.3. The molecule has 0 radical (unpaired) electrons. The third-order valence-electron chi connectivity index (χ3n) is 3.66. The summed E-state index contributed by atoms with van der Waals surface area (Å²) in [7, 11) is 1.58. The number of hydrogen-bond acceptors (Lipinski definition) is 4. The SMILES string of the molecule is CCOC(=O)c1cc(-c2ccccc2Cl)nc2ccc(OC)cc12. The first-order valence-electron chi connectivity index (χ1n) is 7.55. The van der Waals surface area contributed by atoms with Crippen molar-refractivity contribution in [2.75, 3.05) is 13.7 Å². The number of rotatable bonds is 4. The Hall–Kier alpha value is -2.59. The van der Waals surface area contributed by atoms with E-state index in [2.05, 4.69) is 4.98 Å². The van der Waals surface area contributed by atoms with Crippen molar-refractivity contribution in [3.8, 4) is 17.0 Å². The van der Waals surface area contributed by atoms with E-state index in [1.807, 2.05) is 24.3 Å². The Labute approximate surface area is 145 Å². The van der Waals surface area contributed by atoms with Crippen LogP contribution in [0, 0.1) is 0 Å². The molecule has 0 amide bonds. The molecule has 0 aliphatic carbocycles. The maximum absolute atomic E-state index is 12.4. The smallest absolute Gasteiger partial charge is 0.338 e. The van der Waals surface area contributed by atoms with E-state index in [0.717, 1.165) is 5.56 Å². The Balaban J connectivity index is 2.27. The minimum Gasteiger partial charge on any atom is -0.497 e. The number of carbonyl (C=O) groups is 1. The Morgan fingerprint density at radius 2 is 1.96 bits per heavy atom. The summed E-state index contributed by atoms with van der Waals surface area (Å²) in [5, 5.41) is 1.26. The zero-order valence-electron chi connectivity index (χ0n) is 13.4. The number of fused-ring (bicyclic) bond motifs is 1. The zero-order valence-corrected chi connectivity index (χ0v) is 14.1. The highest BCUT2D eigenvalue weighted by Gasteiger charge is 2.16. The van der Waals surface area contributed by atoms with Gasteiger partial charge < -0.3 is 9.47 Å². The minimum absolute atomic E-state index is 0.300. The van der Waals surface area contributed by atoms with Gasteiger partial charge in [0, 0.05) is 16.0 Å². The van der Waals surface area contributed by atoms with Crippen LogP contribution < -0.4 is 4.74 Å². The van der Waals surface area contributed by atoms with Crippen molar-refractivity contribution in [2.45, 2.75) is 6.92 Å². The Morgan fingerprint density at radius 1 is 1.17 bits per heavy atom. The highest BCUT2D eigenvalue weighted by molar-refractivity contribution is 6.33. The minimum atomic E-state index is -0.397. The van der Waals surface area contributed by atoms with Gasteiger partial charge in [-0.3, -0.25) is 0 Å². The molecule has 3 aromatic rings. The van der Waals surface area contributed by atoms with Gasteiger partial charge in [0.25, 0.3) is 0 Å². The standard InChI is InChI=1S/C19H16ClNO3/c1-3-24-19(22)15-11-18(13-6-4-5-7-16(13)20)21-17-9-8-12(23-2)10-14(15)17/h4-11H,3H2,1-2H3. The second kappa shape index (κ2) is 6.89. The number of ether oxygens (including phenoxy) is 2. The lowest BCUT2D eigenvalue weighted by Crippen LogP contribution is -2.06. The molecule has 5 heteroatoms. The monoisotopic (exact) mass is 341 g/mol. The van der Waals surface area contributed by atoms with Crippen molar-refractivity contribution < 1.29 is 14.3 Å². The number of halogens is 1. The lowest BCUT2D eigenvalue weighted by atomic mass is 10.0. The molecule has 0 saturated heterocycles. The quantitative estimate of drug-likeness (QED) is 0.643. The van der Waals surface area contributed by atoms with Crippen LogP contribution in [0.25, 0.3) is 22.2 Å². The van der Waals surface area contributed by atoms with Crippen LogP contribution in [-0.2, 0) is 4.74 Å². The number of benzene rings is 2. The molecule has 2 aromatic carbocycles. The van der Waals surface area contributed by atoms with Gasteiger partial charge in [0.1, 0.15) is 5.75 Å². The normalized spacial score (nSPS) is 10.6. The van der Waals surface area contributed by atoms with E-state index in [4.69, 9.17) is 21.1 Å². The van der Waals surface area contributed by atoms with Gasteiger partial charge in [-0.2, -0.15) is 0 Å². The lowest BCUT2D eigenvalue weighted by Gasteiger charge is -2.11. The van der Waals surface area contributed by atoms with Crippen molar-refractivity contribution in [1.82, 2.24) is 4.98 Å². The largest absolute Gasteiger partial charge is 0.497 e. The van der Waals surface area contributed by atoms with E-state index in [1.54, 1.807) is 38.3 Å². The molecule has 3 rings (SSSR count). The van der Waals surface area contributed by atoms with Crippen molar-refractivity contribution in [3.63, 3.8) is 0 Å². The van der Waals surface area contributed by atoms with E-state index in [-0.39, 0.29) is 0 Å². The predicted octanol–water partition coefficient (Wildman–Crippen LogP) is 4.74. The molecule has 24 heavy (non-hydrogen) atoms. The third kappa shape index (κ3) is 3.05. The Bertz CT molecular complexity index is 908. The molecule has 1 aromatic heterocycles. The first-order chi connectivity index (χ1) is 11.6. The maximum Gasteiger partial charge on any atom is 0.338 e. The van der Waals surface area contributed by atoms with Crippen LogP contribution in [0.3, 0.4) is 0 Å². The molecule has 0 saturated carbocycles. The molecule has 1 heterocycles. The van der Waals surface area contributed by atoms with Crippen molar-refractivity contribution in [2.24, 2.45) is 0 Å². The van der Waals surface area contributed by atoms with Crippen LogP contribution in [0.1, 0.15) is 17.3 Å². The van der Waals surface area contributed by atoms with Gasteiger partial charge in [-0.05, 0) is 37.3 Å². The van der Waals surface area contributed by atoms with Crippen LogP contribution in [0.5, 0.6) is 5.75 Å². The zero-order chi connectivity index (χ0) is 17.1. The molecule has 0 bridgehead atoms. The van der Waals surface area contributed by atoms with Crippen LogP contribution in [0.4, 0.5) is 0 Å². The fourth-order valence-corrected chi connectivity index (χ4v) is 2.75. The second-order valence-electron chi connectivity index (χ2n) is 5.14. The van der Waals surface area contributed by atoms with E-state index in [9.17, 15) is 4.79 Å². The predicted molar refractivity (Wildman–Crippen MR) is 94.7 cm³/mol. The second-order valence-corrected chi connectivity index (χ2v) is 5.55. The molecule has 0 N–H and O–H groups in total. The van der Waals surface area contributed by atoms with E-state index in [0.29, 0.717) is 39.5 Å². The van der Waals surface area contributed by atoms with Gasteiger partial charge in [0.15, 0.2) is 0 Å². The number of esters is 1. The van der Waals surface area contributed by atoms with Gasteiger partial charge in [0.05, 0.1) is 30.5 Å². The third-order valence-corrected chi connectivity index (χ3v) is 3.99. The molecule has 122 valence electrons. The van der Waals surface area contributed by atoms with Gasteiger partial charge in [-0.1, -0.05) is 29.8 Å². The number of nitrogens with zero attached hydrogens (tertiary/aromatic N) is 1. The summed E-state index contributed by atoms with van der Waals surface area (Å²) < 4.78 is 10.4. The van der Waals surface area contributed by atoms with Gasteiger partial charge in [-0.25, -0.2) is 9.78 Å². The number of hydrogen-bond donors (Lipinski definition) is 0. The average Bonchev–Trinajstić information content (AvgIpc) is 2.61. The fraction of sp³-hybridized carbons (Fsp3) is 0.158. The first-order valence-corrected chi connectivity index (χ1v) is 7.92. The molecule has 0 atom stereocenters. The number of pyridine rings is 1. The average molecular weight is 342 g/mol. The maximum atomic E-state index is 12.4. The van der Waals surface area contributed by atoms with Crippen LogP contribution in [-0.4, -0.2) is 24.7 Å². The summed E-state index contributed by atoms with van der Waals surface area (Å²) in [5.41, 5.74) is 2.51. The summed E-state index contributed by atoms with van der Waals surface area (Å²) in [6.45, 7) is 2.07. The van der Waals surface area contributed by atoms with E-state index >= 15 is 0 Å². The molecule has 0 spiro atoms. The van der Waals surface area contributed by atoms with Gasteiger partial charge in [-0.15, -0.1) is 0 Å².